The zero-order valence-corrected chi connectivity index (χ0v) is 12.5. The number of piperidine rings is 1. The molecule has 108 valence electrons. The Morgan fingerprint density at radius 1 is 1.40 bits per heavy atom. The van der Waals surface area contributed by atoms with E-state index in [1.807, 2.05) is 19.1 Å². The summed E-state index contributed by atoms with van der Waals surface area (Å²) in [4.78, 5) is 3.13. The van der Waals surface area contributed by atoms with Gasteiger partial charge in [-0.1, -0.05) is 17.2 Å². The van der Waals surface area contributed by atoms with Gasteiger partial charge >= 0.3 is 0 Å². The first-order valence-corrected chi connectivity index (χ1v) is 8.01. The van der Waals surface area contributed by atoms with Gasteiger partial charge in [-0.2, -0.15) is 4.31 Å². The molecule has 2 rings (SSSR count). The second-order valence-corrected chi connectivity index (χ2v) is 7.04. The van der Waals surface area contributed by atoms with Crippen LogP contribution in [0.3, 0.4) is 0 Å². The lowest BCUT2D eigenvalue weighted by Gasteiger charge is -2.30. The van der Waals surface area contributed by atoms with Crippen LogP contribution in [0.15, 0.2) is 28.2 Å². The standard InChI is InChI=1S/C13H18N4O2S/c1-10-5-6-11(2)13(8-10)20(18,19)17-7-3-4-12(9-17)15-16-14/h5-6,8,12H,3-4,7,9H2,1-2H3. The number of hydrogen-bond donors (Lipinski definition) is 0. The summed E-state index contributed by atoms with van der Waals surface area (Å²) in [5.41, 5.74) is 10.1. The number of sulfonamides is 1. The molecule has 6 nitrogen and oxygen atoms in total. The predicted octanol–water partition coefficient (Wildman–Crippen LogP) is 2.77. The number of aryl methyl sites for hydroxylation is 2. The summed E-state index contributed by atoms with van der Waals surface area (Å²) in [5.74, 6) is 0. The Morgan fingerprint density at radius 2 is 2.15 bits per heavy atom. The van der Waals surface area contributed by atoms with Gasteiger partial charge in [0.25, 0.3) is 0 Å². The highest BCUT2D eigenvalue weighted by atomic mass is 32.2. The average molecular weight is 294 g/mol. The van der Waals surface area contributed by atoms with Crippen LogP contribution in [-0.2, 0) is 10.0 Å². The van der Waals surface area contributed by atoms with E-state index in [-0.39, 0.29) is 12.6 Å². The SMILES string of the molecule is Cc1ccc(C)c(S(=O)(=O)N2CCCC(N=[N+]=[N-])C2)c1. The Hall–Kier alpha value is -1.56. The van der Waals surface area contributed by atoms with Crippen molar-refractivity contribution in [3.8, 4) is 0 Å². The number of benzene rings is 1. The van der Waals surface area contributed by atoms with Gasteiger partial charge in [0.15, 0.2) is 0 Å². The minimum Gasteiger partial charge on any atom is -0.207 e. The fraction of sp³-hybridized carbons (Fsp3) is 0.538. The molecule has 0 aliphatic carbocycles. The number of azide groups is 1. The van der Waals surface area contributed by atoms with E-state index >= 15 is 0 Å². The first kappa shape index (κ1) is 14.8. The summed E-state index contributed by atoms with van der Waals surface area (Å²) >= 11 is 0. The van der Waals surface area contributed by atoms with Gasteiger partial charge < -0.3 is 0 Å². The zero-order valence-electron chi connectivity index (χ0n) is 11.7. The first-order valence-electron chi connectivity index (χ1n) is 6.57. The summed E-state index contributed by atoms with van der Waals surface area (Å²) < 4.78 is 26.8. The molecule has 1 aliphatic rings. The highest BCUT2D eigenvalue weighted by molar-refractivity contribution is 7.89. The molecular weight excluding hydrogens is 276 g/mol. The van der Waals surface area contributed by atoms with E-state index in [0.29, 0.717) is 17.9 Å². The van der Waals surface area contributed by atoms with Crippen LogP contribution in [0.5, 0.6) is 0 Å². The molecule has 0 bridgehead atoms. The largest absolute Gasteiger partial charge is 0.243 e. The van der Waals surface area contributed by atoms with E-state index in [4.69, 9.17) is 5.53 Å². The van der Waals surface area contributed by atoms with E-state index in [9.17, 15) is 8.42 Å². The van der Waals surface area contributed by atoms with Gasteiger partial charge in [-0.25, -0.2) is 8.42 Å². The third-order valence-corrected chi connectivity index (χ3v) is 5.54. The van der Waals surface area contributed by atoms with Crippen LogP contribution in [0.2, 0.25) is 0 Å². The topological polar surface area (TPSA) is 86.1 Å². The lowest BCUT2D eigenvalue weighted by molar-refractivity contribution is 0.315. The van der Waals surface area contributed by atoms with Crippen LogP contribution in [0, 0.1) is 13.8 Å². The Balaban J connectivity index is 2.34. The molecule has 1 atom stereocenters. The average Bonchev–Trinajstić information content (AvgIpc) is 2.42. The molecule has 20 heavy (non-hydrogen) atoms. The highest BCUT2D eigenvalue weighted by Crippen LogP contribution is 2.25. The van der Waals surface area contributed by atoms with Crippen LogP contribution in [-0.4, -0.2) is 31.9 Å². The van der Waals surface area contributed by atoms with Crippen molar-refractivity contribution >= 4 is 10.0 Å². The maximum atomic E-state index is 12.7. The van der Waals surface area contributed by atoms with Gasteiger partial charge in [0.2, 0.25) is 10.0 Å². The molecule has 0 amide bonds. The maximum Gasteiger partial charge on any atom is 0.243 e. The monoisotopic (exact) mass is 294 g/mol. The normalized spacial score (nSPS) is 20.4. The molecular formula is C13H18N4O2S. The lowest BCUT2D eigenvalue weighted by atomic mass is 10.1. The van der Waals surface area contributed by atoms with E-state index < -0.39 is 10.0 Å². The van der Waals surface area contributed by atoms with Crippen molar-refractivity contribution in [2.75, 3.05) is 13.1 Å². The van der Waals surface area contributed by atoms with Gasteiger partial charge in [0.1, 0.15) is 0 Å². The van der Waals surface area contributed by atoms with E-state index in [1.54, 1.807) is 13.0 Å². The van der Waals surface area contributed by atoms with Gasteiger partial charge in [-0.15, -0.1) is 0 Å². The molecule has 0 saturated carbocycles. The smallest absolute Gasteiger partial charge is 0.207 e. The fourth-order valence-corrected chi connectivity index (χ4v) is 4.26. The summed E-state index contributed by atoms with van der Waals surface area (Å²) in [6.45, 7) is 4.41. The predicted molar refractivity (Wildman–Crippen MR) is 76.8 cm³/mol. The minimum atomic E-state index is -3.52. The zero-order chi connectivity index (χ0) is 14.8. The second-order valence-electron chi connectivity index (χ2n) is 5.13. The molecule has 1 unspecified atom stereocenters. The second kappa shape index (κ2) is 5.83. The van der Waals surface area contributed by atoms with Gasteiger partial charge in [0, 0.05) is 18.0 Å². The molecule has 1 fully saturated rings. The summed E-state index contributed by atoms with van der Waals surface area (Å²) in [6, 6.07) is 5.14. The third kappa shape index (κ3) is 2.95. The Morgan fingerprint density at radius 3 is 2.85 bits per heavy atom. The molecule has 1 aromatic rings. The van der Waals surface area contributed by atoms with Crippen molar-refractivity contribution in [2.24, 2.45) is 5.11 Å². The first-order chi connectivity index (χ1) is 9.45. The molecule has 1 aliphatic heterocycles. The molecule has 7 heteroatoms. The Kier molecular flexibility index (Phi) is 4.32. The summed E-state index contributed by atoms with van der Waals surface area (Å²) in [6.07, 6.45) is 1.46. The number of hydrogen-bond acceptors (Lipinski definition) is 3. The van der Waals surface area contributed by atoms with Crippen LogP contribution in [0.1, 0.15) is 24.0 Å². The Labute approximate surface area is 119 Å². The van der Waals surface area contributed by atoms with Crippen LogP contribution in [0.25, 0.3) is 10.4 Å². The van der Waals surface area contributed by atoms with Crippen molar-refractivity contribution in [3.05, 3.63) is 39.8 Å². The van der Waals surface area contributed by atoms with Gasteiger partial charge in [-0.05, 0) is 49.4 Å². The maximum absolute atomic E-state index is 12.7. The fourth-order valence-electron chi connectivity index (χ4n) is 2.43. The van der Waals surface area contributed by atoms with Crippen LogP contribution in [0.4, 0.5) is 0 Å². The molecule has 0 N–H and O–H groups in total. The van der Waals surface area contributed by atoms with Crippen LogP contribution < -0.4 is 0 Å². The van der Waals surface area contributed by atoms with Crippen molar-refractivity contribution in [3.63, 3.8) is 0 Å². The quantitative estimate of drug-likeness (QED) is 0.487. The van der Waals surface area contributed by atoms with Crippen LogP contribution >= 0.6 is 0 Å². The van der Waals surface area contributed by atoms with E-state index in [2.05, 4.69) is 10.0 Å². The minimum absolute atomic E-state index is 0.264. The van der Waals surface area contributed by atoms with Crippen molar-refractivity contribution in [2.45, 2.75) is 37.6 Å². The summed E-state index contributed by atoms with van der Waals surface area (Å²) in [5, 5.41) is 3.66. The highest BCUT2D eigenvalue weighted by Gasteiger charge is 2.30. The lowest BCUT2D eigenvalue weighted by Crippen LogP contribution is -2.41. The van der Waals surface area contributed by atoms with Gasteiger partial charge in [0.05, 0.1) is 10.9 Å². The number of nitrogens with zero attached hydrogens (tertiary/aromatic N) is 4. The van der Waals surface area contributed by atoms with Crippen molar-refractivity contribution < 1.29 is 8.42 Å². The molecule has 1 saturated heterocycles. The van der Waals surface area contributed by atoms with Crippen molar-refractivity contribution in [1.82, 2.24) is 4.31 Å². The molecule has 0 radical (unpaired) electrons. The third-order valence-electron chi connectivity index (χ3n) is 3.54. The van der Waals surface area contributed by atoms with Crippen molar-refractivity contribution in [1.29, 1.82) is 0 Å². The molecule has 0 aromatic heterocycles. The molecule has 1 aromatic carbocycles. The molecule has 0 spiro atoms. The van der Waals surface area contributed by atoms with E-state index in [1.165, 1.54) is 4.31 Å². The summed E-state index contributed by atoms with van der Waals surface area (Å²) in [7, 11) is -3.52. The van der Waals surface area contributed by atoms with E-state index in [0.717, 1.165) is 17.5 Å². The Bertz CT molecular complexity index is 650. The molecule has 1 heterocycles. The number of rotatable bonds is 3. The van der Waals surface area contributed by atoms with Gasteiger partial charge in [-0.3, -0.25) is 0 Å².